The first-order valence-corrected chi connectivity index (χ1v) is 4.75. The van der Waals surface area contributed by atoms with Gasteiger partial charge in [-0.1, -0.05) is 5.11 Å². The summed E-state index contributed by atoms with van der Waals surface area (Å²) in [5.74, 6) is 0.715. The zero-order chi connectivity index (χ0) is 11.5. The highest BCUT2D eigenvalue weighted by Gasteiger charge is 2.03. The van der Waals surface area contributed by atoms with E-state index in [-0.39, 0.29) is 0 Å². The summed E-state index contributed by atoms with van der Waals surface area (Å²) in [7, 11) is 1.59. The second-order valence-electron chi connectivity index (χ2n) is 3.36. The van der Waals surface area contributed by atoms with Crippen molar-refractivity contribution in [1.82, 2.24) is 4.98 Å². The van der Waals surface area contributed by atoms with Crippen LogP contribution in [0.3, 0.4) is 0 Å². The maximum absolute atomic E-state index is 8.50. The van der Waals surface area contributed by atoms with Crippen LogP contribution in [0, 0.1) is 6.92 Å². The summed E-state index contributed by atoms with van der Waals surface area (Å²) in [5, 5.41) is 4.45. The molecule has 80 valence electrons. The molecule has 5 nitrogen and oxygen atoms in total. The van der Waals surface area contributed by atoms with Crippen LogP contribution in [0.25, 0.3) is 21.3 Å². The lowest BCUT2D eigenvalue weighted by Gasteiger charge is -2.05. The fourth-order valence-electron chi connectivity index (χ4n) is 1.57. The molecule has 1 aromatic heterocycles. The molecule has 0 saturated carbocycles. The molecule has 0 N–H and O–H groups in total. The molecule has 1 aromatic carbocycles. The van der Waals surface area contributed by atoms with Crippen molar-refractivity contribution in [2.75, 3.05) is 7.11 Å². The van der Waals surface area contributed by atoms with E-state index in [1.54, 1.807) is 13.2 Å². The molecule has 0 aliphatic carbocycles. The molecular weight excluding hydrogens is 204 g/mol. The number of hydrogen-bond acceptors (Lipinski definition) is 3. The quantitative estimate of drug-likeness (QED) is 0.436. The molecule has 5 heteroatoms. The first-order chi connectivity index (χ1) is 7.74. The molecule has 2 aromatic rings. The third-order valence-electron chi connectivity index (χ3n) is 2.27. The fraction of sp³-hybridized carbons (Fsp3) is 0.182. The molecule has 0 bridgehead atoms. The normalized spacial score (nSPS) is 9.88. The molecule has 16 heavy (non-hydrogen) atoms. The Hall–Kier alpha value is -2.26. The van der Waals surface area contributed by atoms with Gasteiger partial charge in [0.2, 0.25) is 0 Å². The largest absolute Gasteiger partial charge is 0.497 e. The predicted molar refractivity (Wildman–Crippen MR) is 61.8 cm³/mol. The maximum Gasteiger partial charge on any atom is 0.119 e. The van der Waals surface area contributed by atoms with Gasteiger partial charge in [0.1, 0.15) is 5.75 Å². The number of nitrogens with zero attached hydrogens (tertiary/aromatic N) is 4. The van der Waals surface area contributed by atoms with Crippen molar-refractivity contribution in [3.05, 3.63) is 40.4 Å². The van der Waals surface area contributed by atoms with Gasteiger partial charge in [-0.25, -0.2) is 0 Å². The number of aryl methyl sites for hydroxylation is 1. The third kappa shape index (κ3) is 1.76. The second-order valence-corrected chi connectivity index (χ2v) is 3.36. The fourth-order valence-corrected chi connectivity index (χ4v) is 1.57. The zero-order valence-electron chi connectivity index (χ0n) is 9.01. The summed E-state index contributed by atoms with van der Waals surface area (Å²) in [5.41, 5.74) is 10.7. The van der Waals surface area contributed by atoms with Gasteiger partial charge in [-0.15, -0.1) is 0 Å². The average molecular weight is 214 g/mol. The van der Waals surface area contributed by atoms with E-state index in [0.29, 0.717) is 11.4 Å². The highest BCUT2D eigenvalue weighted by atomic mass is 16.5. The van der Waals surface area contributed by atoms with Crippen molar-refractivity contribution in [3.63, 3.8) is 0 Å². The molecular formula is C11H10N4O. The molecule has 0 atom stereocenters. The summed E-state index contributed by atoms with van der Waals surface area (Å²) in [6, 6.07) is 7.24. The van der Waals surface area contributed by atoms with E-state index in [1.165, 1.54) is 0 Å². The molecule has 2 rings (SSSR count). The van der Waals surface area contributed by atoms with Gasteiger partial charge >= 0.3 is 0 Å². The minimum Gasteiger partial charge on any atom is -0.497 e. The summed E-state index contributed by atoms with van der Waals surface area (Å²) in [6.45, 7) is 1.86. The highest BCUT2D eigenvalue weighted by molar-refractivity contribution is 5.90. The van der Waals surface area contributed by atoms with Crippen LogP contribution in [-0.2, 0) is 0 Å². The molecule has 1 heterocycles. The Morgan fingerprint density at radius 1 is 1.38 bits per heavy atom. The van der Waals surface area contributed by atoms with Crippen LogP contribution < -0.4 is 4.74 Å². The van der Waals surface area contributed by atoms with Crippen LogP contribution in [0.2, 0.25) is 0 Å². The number of methoxy groups -OCH3 is 1. The van der Waals surface area contributed by atoms with E-state index in [9.17, 15) is 0 Å². The van der Waals surface area contributed by atoms with Crippen LogP contribution in [-0.4, -0.2) is 12.1 Å². The average Bonchev–Trinajstić information content (AvgIpc) is 2.29. The molecule has 0 radical (unpaired) electrons. The number of rotatable bonds is 2. The van der Waals surface area contributed by atoms with Gasteiger partial charge in [-0.05, 0) is 36.7 Å². The topological polar surface area (TPSA) is 70.9 Å². The summed E-state index contributed by atoms with van der Waals surface area (Å²) >= 11 is 0. The number of benzene rings is 1. The van der Waals surface area contributed by atoms with E-state index in [2.05, 4.69) is 15.0 Å². The number of hydrogen-bond donors (Lipinski definition) is 0. The van der Waals surface area contributed by atoms with Crippen LogP contribution in [0.1, 0.15) is 5.69 Å². The monoisotopic (exact) mass is 214 g/mol. The molecule has 0 spiro atoms. The SMILES string of the molecule is COc1ccc2nc(C)cc(N=[N+]=[N-])c2c1. The minimum atomic E-state index is 0.573. The van der Waals surface area contributed by atoms with Crippen molar-refractivity contribution >= 4 is 16.6 Å². The van der Waals surface area contributed by atoms with Crippen molar-refractivity contribution in [2.45, 2.75) is 6.92 Å². The van der Waals surface area contributed by atoms with Crippen molar-refractivity contribution in [3.8, 4) is 5.75 Å². The van der Waals surface area contributed by atoms with Crippen molar-refractivity contribution in [2.24, 2.45) is 5.11 Å². The van der Waals surface area contributed by atoms with Crippen LogP contribution in [0.5, 0.6) is 5.75 Å². The molecule has 0 aliphatic heterocycles. The Balaban J connectivity index is 2.80. The Labute approximate surface area is 92.3 Å². The van der Waals surface area contributed by atoms with E-state index >= 15 is 0 Å². The second kappa shape index (κ2) is 4.08. The zero-order valence-corrected chi connectivity index (χ0v) is 9.01. The van der Waals surface area contributed by atoms with Gasteiger partial charge in [0, 0.05) is 21.7 Å². The van der Waals surface area contributed by atoms with Gasteiger partial charge in [0.15, 0.2) is 0 Å². The van der Waals surface area contributed by atoms with E-state index in [0.717, 1.165) is 16.6 Å². The Kier molecular flexibility index (Phi) is 2.62. The number of pyridine rings is 1. The number of ether oxygens (including phenoxy) is 1. The molecule has 0 fully saturated rings. The lowest BCUT2D eigenvalue weighted by atomic mass is 10.1. The minimum absolute atomic E-state index is 0.573. The van der Waals surface area contributed by atoms with Gasteiger partial charge in [0.05, 0.1) is 12.6 Å². The number of aromatic nitrogens is 1. The van der Waals surface area contributed by atoms with Gasteiger partial charge < -0.3 is 4.74 Å². The smallest absolute Gasteiger partial charge is 0.119 e. The van der Waals surface area contributed by atoms with Crippen molar-refractivity contribution in [1.29, 1.82) is 0 Å². The van der Waals surface area contributed by atoms with Gasteiger partial charge in [-0.2, -0.15) is 0 Å². The molecule has 0 saturated heterocycles. The van der Waals surface area contributed by atoms with E-state index in [1.807, 2.05) is 25.1 Å². The molecule has 0 unspecified atom stereocenters. The van der Waals surface area contributed by atoms with E-state index < -0.39 is 0 Å². The maximum atomic E-state index is 8.50. The standard InChI is InChI=1S/C11H10N4O/c1-7-5-11(14-15-12)9-6-8(16-2)3-4-10(9)13-7/h3-6H,1-2H3. The first-order valence-electron chi connectivity index (χ1n) is 4.75. The lowest BCUT2D eigenvalue weighted by molar-refractivity contribution is 0.415. The van der Waals surface area contributed by atoms with Crippen LogP contribution >= 0.6 is 0 Å². The number of fused-ring (bicyclic) bond motifs is 1. The van der Waals surface area contributed by atoms with Crippen LogP contribution in [0.15, 0.2) is 29.4 Å². The number of azide groups is 1. The Bertz CT molecular complexity index is 588. The summed E-state index contributed by atoms with van der Waals surface area (Å²) in [4.78, 5) is 7.16. The van der Waals surface area contributed by atoms with E-state index in [4.69, 9.17) is 10.3 Å². The molecule has 0 aliphatic rings. The summed E-state index contributed by atoms with van der Waals surface area (Å²) < 4.78 is 5.12. The summed E-state index contributed by atoms with van der Waals surface area (Å²) in [6.07, 6.45) is 0. The van der Waals surface area contributed by atoms with Crippen molar-refractivity contribution < 1.29 is 4.74 Å². The highest BCUT2D eigenvalue weighted by Crippen LogP contribution is 2.29. The van der Waals surface area contributed by atoms with Crippen LogP contribution in [0.4, 0.5) is 5.69 Å². The lowest BCUT2D eigenvalue weighted by Crippen LogP contribution is -1.86. The Morgan fingerprint density at radius 3 is 2.88 bits per heavy atom. The molecule has 0 amide bonds. The Morgan fingerprint density at radius 2 is 2.19 bits per heavy atom. The predicted octanol–water partition coefficient (Wildman–Crippen LogP) is 3.49. The first kappa shape index (κ1) is 10.3. The van der Waals surface area contributed by atoms with Gasteiger partial charge in [-0.3, -0.25) is 4.98 Å². The van der Waals surface area contributed by atoms with Gasteiger partial charge in [0.25, 0.3) is 0 Å². The third-order valence-corrected chi connectivity index (χ3v) is 2.27.